The highest BCUT2D eigenvalue weighted by molar-refractivity contribution is 6.42. The van der Waals surface area contributed by atoms with E-state index in [1.165, 1.54) is 5.57 Å². The van der Waals surface area contributed by atoms with Crippen LogP contribution in [-0.4, -0.2) is 23.1 Å². The van der Waals surface area contributed by atoms with E-state index in [1.54, 1.807) is 24.3 Å². The van der Waals surface area contributed by atoms with Gasteiger partial charge in [-0.15, -0.1) is 0 Å². The number of benzene rings is 1. The first-order valence-corrected chi connectivity index (χ1v) is 16.1. The lowest BCUT2D eigenvalue weighted by molar-refractivity contribution is -0.181. The second-order valence-electron chi connectivity index (χ2n) is 15.8. The summed E-state index contributed by atoms with van der Waals surface area (Å²) in [6.45, 7) is 19.0. The fourth-order valence-corrected chi connectivity index (χ4v) is 10.2. The molecule has 0 heterocycles. The fourth-order valence-electron chi connectivity index (χ4n) is 10.2. The van der Waals surface area contributed by atoms with E-state index in [-0.39, 0.29) is 47.1 Å². The number of rotatable bonds is 8. The minimum absolute atomic E-state index is 0.102. The second-order valence-corrected chi connectivity index (χ2v) is 15.8. The summed E-state index contributed by atoms with van der Waals surface area (Å²) in [5.74, 6) is -1.26. The van der Waals surface area contributed by atoms with E-state index in [9.17, 15) is 4.79 Å². The maximum atomic E-state index is 15.4. The van der Waals surface area contributed by atoms with Gasteiger partial charge in [0, 0.05) is 5.56 Å². The van der Waals surface area contributed by atoms with Crippen LogP contribution in [0.3, 0.4) is 0 Å². The van der Waals surface area contributed by atoms with Crippen LogP contribution in [0.25, 0.3) is 0 Å². The average Bonchev–Trinajstić information content (AvgIpc) is 3.07. The number of Topliss-reactive ketones (excluding diaryl/α,β-unsaturated/α-hetero) is 4. The van der Waals surface area contributed by atoms with Crippen LogP contribution in [0.4, 0.5) is 0 Å². The fraction of sp³-hybridized carbons (Fsp3) is 0.632. The molecule has 0 amide bonds. The maximum Gasteiger partial charge on any atom is 0.184 e. The standard InChI is InChI=1S/C38H50O4/c1-23(2)14-13-15-25(5)18-19-36-21-27-20-29-34(6,7)28(24(3)4)22-37(29,31(36)40)33(42)38(32(36)41,35(27,8)9)30(39)26-16-11-10-12-17-26/h10-12,14,16-18,24,27-29H,13,15,19-22H2,1-9H3/b25-18+/t27-,28-,29-,36-,37+,38-/m1/s1. The Bertz CT molecular complexity index is 1390. The van der Waals surface area contributed by atoms with Gasteiger partial charge in [0.2, 0.25) is 0 Å². The van der Waals surface area contributed by atoms with Gasteiger partial charge in [-0.25, -0.2) is 0 Å². The lowest BCUT2D eigenvalue weighted by atomic mass is 9.37. The van der Waals surface area contributed by atoms with E-state index in [0.717, 1.165) is 18.4 Å². The Hall–Kier alpha value is -2.62. The van der Waals surface area contributed by atoms with Crippen molar-refractivity contribution in [2.24, 2.45) is 50.7 Å². The Labute approximate surface area is 252 Å². The summed E-state index contributed by atoms with van der Waals surface area (Å²) >= 11 is 0. The molecular formula is C38H50O4. The van der Waals surface area contributed by atoms with Gasteiger partial charge in [-0.3, -0.25) is 19.2 Å². The molecule has 1 spiro atoms. The van der Waals surface area contributed by atoms with E-state index >= 15 is 14.4 Å². The van der Waals surface area contributed by atoms with Crippen LogP contribution in [0.2, 0.25) is 0 Å². The highest BCUT2D eigenvalue weighted by Gasteiger charge is 2.86. The molecule has 1 aromatic rings. The van der Waals surface area contributed by atoms with Crippen LogP contribution >= 0.6 is 0 Å². The van der Waals surface area contributed by atoms with Crippen molar-refractivity contribution in [3.05, 3.63) is 59.2 Å². The van der Waals surface area contributed by atoms with E-state index in [0.29, 0.717) is 24.8 Å². The summed E-state index contributed by atoms with van der Waals surface area (Å²) < 4.78 is 0. The first kappa shape index (κ1) is 30.8. The SMILES string of the molecule is CC(C)=CCC/C(C)=C/C[C@@]12C[C@H]3C[C@@H]4C(C)(C)[C@@H](C(C)C)C[C@]4(C1=O)C(=O)[C@@](C(=O)c1ccccc1)(C2=O)C3(C)C. The summed E-state index contributed by atoms with van der Waals surface area (Å²) in [5.41, 5.74) is -2.93. The largest absolute Gasteiger partial charge is 0.297 e. The highest BCUT2D eigenvalue weighted by atomic mass is 16.2. The molecule has 5 aliphatic rings. The van der Waals surface area contributed by atoms with E-state index < -0.39 is 33.2 Å². The zero-order chi connectivity index (χ0) is 31.0. The van der Waals surface area contributed by atoms with Crippen molar-refractivity contribution in [2.45, 2.75) is 101 Å². The minimum Gasteiger partial charge on any atom is -0.297 e. The predicted octanol–water partition coefficient (Wildman–Crippen LogP) is 8.40. The van der Waals surface area contributed by atoms with Crippen molar-refractivity contribution >= 4 is 23.1 Å². The molecule has 0 radical (unpaired) electrons. The van der Waals surface area contributed by atoms with Crippen LogP contribution in [0.1, 0.15) is 111 Å². The molecule has 0 saturated heterocycles. The molecule has 1 aromatic carbocycles. The Balaban J connectivity index is 1.77. The van der Waals surface area contributed by atoms with Gasteiger partial charge >= 0.3 is 0 Å². The van der Waals surface area contributed by atoms with E-state index in [1.807, 2.05) is 19.9 Å². The second kappa shape index (κ2) is 9.96. The number of ketones is 4. The van der Waals surface area contributed by atoms with Crippen LogP contribution in [-0.2, 0) is 14.4 Å². The lowest BCUT2D eigenvalue weighted by Crippen LogP contribution is -2.75. The Morgan fingerprint density at radius 1 is 0.905 bits per heavy atom. The minimum atomic E-state index is -1.87. The van der Waals surface area contributed by atoms with Crippen molar-refractivity contribution in [3.8, 4) is 0 Å². The summed E-state index contributed by atoms with van der Waals surface area (Å²) in [6.07, 6.45) is 7.86. The third kappa shape index (κ3) is 3.78. The molecule has 6 atom stereocenters. The van der Waals surface area contributed by atoms with Crippen molar-refractivity contribution in [1.29, 1.82) is 0 Å². The highest BCUT2D eigenvalue weighted by Crippen LogP contribution is 2.77. The quantitative estimate of drug-likeness (QED) is 0.179. The van der Waals surface area contributed by atoms with Crippen LogP contribution < -0.4 is 0 Å². The molecule has 42 heavy (non-hydrogen) atoms. The predicted molar refractivity (Wildman–Crippen MR) is 167 cm³/mol. The topological polar surface area (TPSA) is 68.3 Å². The number of allylic oxidation sites excluding steroid dienone is 4. The molecule has 5 fully saturated rings. The Morgan fingerprint density at radius 2 is 1.55 bits per heavy atom. The first-order chi connectivity index (χ1) is 19.5. The van der Waals surface area contributed by atoms with Crippen LogP contribution in [0.5, 0.6) is 0 Å². The van der Waals surface area contributed by atoms with Gasteiger partial charge in [0.1, 0.15) is 0 Å². The van der Waals surface area contributed by atoms with Gasteiger partial charge in [0.25, 0.3) is 0 Å². The van der Waals surface area contributed by atoms with Crippen molar-refractivity contribution in [1.82, 2.24) is 0 Å². The Morgan fingerprint density at radius 3 is 2.14 bits per heavy atom. The molecule has 4 nitrogen and oxygen atoms in total. The zero-order valence-corrected chi connectivity index (χ0v) is 27.2. The molecule has 0 N–H and O–H groups in total. The molecule has 4 heteroatoms. The van der Waals surface area contributed by atoms with Gasteiger partial charge < -0.3 is 0 Å². The van der Waals surface area contributed by atoms with E-state index in [4.69, 9.17) is 0 Å². The molecule has 5 saturated carbocycles. The van der Waals surface area contributed by atoms with Crippen LogP contribution in [0.15, 0.2) is 53.6 Å². The Kier molecular flexibility index (Phi) is 7.31. The summed E-state index contributed by atoms with van der Waals surface area (Å²) in [5, 5.41) is 0. The molecule has 0 aliphatic heterocycles. The molecule has 0 unspecified atom stereocenters. The lowest BCUT2D eigenvalue weighted by Gasteiger charge is -2.60. The third-order valence-electron chi connectivity index (χ3n) is 12.5. The normalized spacial score (nSPS) is 36.3. The monoisotopic (exact) mass is 570 g/mol. The molecule has 6 rings (SSSR count). The zero-order valence-electron chi connectivity index (χ0n) is 27.2. The van der Waals surface area contributed by atoms with Crippen LogP contribution in [0, 0.1) is 50.7 Å². The summed E-state index contributed by atoms with van der Waals surface area (Å²) in [7, 11) is 0. The molecular weight excluding hydrogens is 520 g/mol. The molecule has 5 aliphatic carbocycles. The third-order valence-corrected chi connectivity index (χ3v) is 12.5. The number of carbonyl (C=O) groups excluding carboxylic acids is 4. The summed E-state index contributed by atoms with van der Waals surface area (Å²) in [4.78, 5) is 60.7. The first-order valence-electron chi connectivity index (χ1n) is 16.1. The van der Waals surface area contributed by atoms with Gasteiger partial charge in [-0.05, 0) is 93.8 Å². The maximum absolute atomic E-state index is 15.4. The molecule has 4 bridgehead atoms. The van der Waals surface area contributed by atoms with E-state index in [2.05, 4.69) is 60.6 Å². The van der Waals surface area contributed by atoms with Crippen molar-refractivity contribution < 1.29 is 19.2 Å². The number of hydrogen-bond acceptors (Lipinski definition) is 4. The van der Waals surface area contributed by atoms with Gasteiger partial charge in [-0.1, -0.05) is 95.2 Å². The van der Waals surface area contributed by atoms with Crippen molar-refractivity contribution in [2.75, 3.05) is 0 Å². The molecule has 226 valence electrons. The smallest absolute Gasteiger partial charge is 0.184 e. The van der Waals surface area contributed by atoms with Crippen molar-refractivity contribution in [3.63, 3.8) is 0 Å². The number of hydrogen-bond donors (Lipinski definition) is 0. The van der Waals surface area contributed by atoms with Gasteiger partial charge in [-0.2, -0.15) is 0 Å². The average molecular weight is 571 g/mol. The molecule has 0 aromatic heterocycles. The summed E-state index contributed by atoms with van der Waals surface area (Å²) in [6, 6.07) is 8.86. The number of carbonyl (C=O) groups is 4. The van der Waals surface area contributed by atoms with Gasteiger partial charge in [0.15, 0.2) is 28.5 Å². The van der Waals surface area contributed by atoms with Gasteiger partial charge in [0.05, 0.1) is 10.8 Å².